The second-order valence-electron chi connectivity index (χ2n) is 4.14. The van der Waals surface area contributed by atoms with Crippen LogP contribution < -0.4 is 6.15 Å². The van der Waals surface area contributed by atoms with E-state index in [0.717, 1.165) is 5.92 Å². The van der Waals surface area contributed by atoms with Gasteiger partial charge >= 0.3 is 0 Å². The summed E-state index contributed by atoms with van der Waals surface area (Å²) in [5.41, 5.74) is 0. The second kappa shape index (κ2) is 3.57. The Kier molecular flexibility index (Phi) is 2.94. The Hall–Kier alpha value is -0.0400. The van der Waals surface area contributed by atoms with Crippen molar-refractivity contribution in [3.8, 4) is 0 Å². The minimum absolute atomic E-state index is 0. The molecule has 0 radical (unpaired) electrons. The molecule has 0 bridgehead atoms. The highest BCUT2D eigenvalue weighted by Crippen LogP contribution is 2.56. The lowest BCUT2D eigenvalue weighted by Gasteiger charge is -2.09. The van der Waals surface area contributed by atoms with Gasteiger partial charge in [-0.2, -0.15) is 0 Å². The number of hydrogen-bond donors (Lipinski definition) is 1. The van der Waals surface area contributed by atoms with E-state index in [2.05, 4.69) is 6.92 Å². The lowest BCUT2D eigenvalue weighted by atomic mass is 9.97. The molecule has 3 unspecified atom stereocenters. The predicted molar refractivity (Wildman–Crippen MR) is 48.9 cm³/mol. The maximum atomic E-state index is 2.30. The van der Waals surface area contributed by atoms with Gasteiger partial charge in [-0.3, -0.25) is 0 Å². The summed E-state index contributed by atoms with van der Waals surface area (Å²) in [5.74, 6) is 3.55. The first-order valence-corrected chi connectivity index (χ1v) is 4.92. The lowest BCUT2D eigenvalue weighted by Crippen LogP contribution is -1.97. The smallest absolute Gasteiger partial charge is 0.0355 e. The SMILES string of the molecule is CCCCC1CCC2CC12.N. The van der Waals surface area contributed by atoms with Crippen LogP contribution in [0, 0.1) is 17.8 Å². The van der Waals surface area contributed by atoms with E-state index in [1.54, 1.807) is 19.3 Å². The first-order valence-electron chi connectivity index (χ1n) is 4.92. The van der Waals surface area contributed by atoms with Gasteiger partial charge in [0.25, 0.3) is 0 Å². The molecular formula is C10H21N. The maximum absolute atomic E-state index is 2.30. The highest BCUT2D eigenvalue weighted by Gasteiger charge is 2.46. The van der Waals surface area contributed by atoms with Crippen molar-refractivity contribution >= 4 is 0 Å². The van der Waals surface area contributed by atoms with Crippen molar-refractivity contribution in [1.82, 2.24) is 6.15 Å². The highest BCUT2D eigenvalue weighted by atomic mass is 14.5. The molecule has 11 heavy (non-hydrogen) atoms. The summed E-state index contributed by atoms with van der Waals surface area (Å²) in [4.78, 5) is 0. The van der Waals surface area contributed by atoms with Crippen LogP contribution in [0.25, 0.3) is 0 Å². The van der Waals surface area contributed by atoms with E-state index in [-0.39, 0.29) is 6.15 Å². The summed E-state index contributed by atoms with van der Waals surface area (Å²) in [6.07, 6.45) is 9.14. The zero-order valence-corrected chi connectivity index (χ0v) is 7.68. The van der Waals surface area contributed by atoms with Crippen molar-refractivity contribution in [2.75, 3.05) is 0 Å². The quantitative estimate of drug-likeness (QED) is 0.666. The standard InChI is InChI=1S/C10H18.H3N/c1-2-3-4-8-5-6-9-7-10(8)9;/h8-10H,2-7H2,1H3;1H3. The number of rotatable bonds is 3. The van der Waals surface area contributed by atoms with Crippen molar-refractivity contribution in [3.05, 3.63) is 0 Å². The fourth-order valence-corrected chi connectivity index (χ4v) is 2.65. The molecule has 1 nitrogen and oxygen atoms in total. The van der Waals surface area contributed by atoms with Gasteiger partial charge in [0, 0.05) is 0 Å². The van der Waals surface area contributed by atoms with E-state index < -0.39 is 0 Å². The lowest BCUT2D eigenvalue weighted by molar-refractivity contribution is 0.428. The molecule has 0 aromatic carbocycles. The molecule has 0 aliphatic heterocycles. The minimum atomic E-state index is 0. The summed E-state index contributed by atoms with van der Waals surface area (Å²) in [6.45, 7) is 2.30. The highest BCUT2D eigenvalue weighted by molar-refractivity contribution is 4.97. The normalized spacial score (nSPS) is 39.5. The van der Waals surface area contributed by atoms with Crippen LogP contribution in [0.5, 0.6) is 0 Å². The first kappa shape index (κ1) is 9.05. The largest absolute Gasteiger partial charge is 0.344 e. The van der Waals surface area contributed by atoms with E-state index in [9.17, 15) is 0 Å². The molecule has 0 amide bonds. The topological polar surface area (TPSA) is 35.0 Å². The molecule has 0 aromatic rings. The summed E-state index contributed by atoms with van der Waals surface area (Å²) in [7, 11) is 0. The monoisotopic (exact) mass is 155 g/mol. The van der Waals surface area contributed by atoms with Crippen LogP contribution in [0.15, 0.2) is 0 Å². The van der Waals surface area contributed by atoms with Gasteiger partial charge in [0.2, 0.25) is 0 Å². The fraction of sp³-hybridized carbons (Fsp3) is 1.00. The van der Waals surface area contributed by atoms with Crippen molar-refractivity contribution in [3.63, 3.8) is 0 Å². The molecule has 1 heteroatoms. The van der Waals surface area contributed by atoms with Gasteiger partial charge in [-0.1, -0.05) is 26.2 Å². The molecule has 2 aliphatic rings. The Morgan fingerprint density at radius 2 is 2.09 bits per heavy atom. The zero-order valence-electron chi connectivity index (χ0n) is 7.68. The van der Waals surface area contributed by atoms with Crippen LogP contribution in [0.2, 0.25) is 0 Å². The van der Waals surface area contributed by atoms with Gasteiger partial charge < -0.3 is 6.15 Å². The molecule has 3 N–H and O–H groups in total. The van der Waals surface area contributed by atoms with E-state index in [1.165, 1.54) is 31.1 Å². The molecule has 0 saturated heterocycles. The summed E-state index contributed by atoms with van der Waals surface area (Å²) in [5, 5.41) is 0. The Morgan fingerprint density at radius 3 is 2.55 bits per heavy atom. The summed E-state index contributed by atoms with van der Waals surface area (Å²) < 4.78 is 0. The van der Waals surface area contributed by atoms with E-state index in [0.29, 0.717) is 0 Å². The molecule has 2 rings (SSSR count). The zero-order chi connectivity index (χ0) is 6.97. The van der Waals surface area contributed by atoms with Gasteiger partial charge in [-0.25, -0.2) is 0 Å². The third-order valence-corrected chi connectivity index (χ3v) is 3.42. The van der Waals surface area contributed by atoms with Crippen molar-refractivity contribution < 1.29 is 0 Å². The molecule has 0 heterocycles. The fourth-order valence-electron chi connectivity index (χ4n) is 2.65. The van der Waals surface area contributed by atoms with Crippen LogP contribution in [0.4, 0.5) is 0 Å². The average Bonchev–Trinajstić information content (AvgIpc) is 2.63. The maximum Gasteiger partial charge on any atom is -0.0355 e. The van der Waals surface area contributed by atoms with E-state index in [1.807, 2.05) is 0 Å². The molecular weight excluding hydrogens is 134 g/mol. The van der Waals surface area contributed by atoms with Crippen molar-refractivity contribution in [2.45, 2.75) is 45.4 Å². The predicted octanol–water partition coefficient (Wildman–Crippen LogP) is 3.38. The Labute approximate surface area is 70.1 Å². The van der Waals surface area contributed by atoms with Crippen LogP contribution in [0.1, 0.15) is 45.4 Å². The Bertz CT molecular complexity index is 122. The van der Waals surface area contributed by atoms with Gasteiger partial charge in [0.15, 0.2) is 0 Å². The van der Waals surface area contributed by atoms with Crippen LogP contribution >= 0.6 is 0 Å². The van der Waals surface area contributed by atoms with Gasteiger partial charge in [0.05, 0.1) is 0 Å². The third-order valence-electron chi connectivity index (χ3n) is 3.42. The van der Waals surface area contributed by atoms with Crippen molar-refractivity contribution in [2.24, 2.45) is 17.8 Å². The van der Waals surface area contributed by atoms with Gasteiger partial charge in [0.1, 0.15) is 0 Å². The van der Waals surface area contributed by atoms with E-state index >= 15 is 0 Å². The summed E-state index contributed by atoms with van der Waals surface area (Å²) >= 11 is 0. The third kappa shape index (κ3) is 1.76. The van der Waals surface area contributed by atoms with Crippen LogP contribution in [0.3, 0.4) is 0 Å². The molecule has 0 spiro atoms. The van der Waals surface area contributed by atoms with Gasteiger partial charge in [-0.15, -0.1) is 0 Å². The number of unbranched alkanes of at least 4 members (excludes halogenated alkanes) is 1. The molecule has 2 aliphatic carbocycles. The molecule has 3 atom stereocenters. The van der Waals surface area contributed by atoms with Gasteiger partial charge in [-0.05, 0) is 37.0 Å². The Balaban J connectivity index is 0.000000605. The van der Waals surface area contributed by atoms with E-state index in [4.69, 9.17) is 0 Å². The van der Waals surface area contributed by atoms with Crippen molar-refractivity contribution in [1.29, 1.82) is 0 Å². The average molecular weight is 155 g/mol. The molecule has 66 valence electrons. The molecule has 2 fully saturated rings. The Morgan fingerprint density at radius 1 is 1.27 bits per heavy atom. The second-order valence-corrected chi connectivity index (χ2v) is 4.14. The van der Waals surface area contributed by atoms with Crippen LogP contribution in [-0.4, -0.2) is 0 Å². The number of fused-ring (bicyclic) bond motifs is 1. The first-order chi connectivity index (χ1) is 4.92. The summed E-state index contributed by atoms with van der Waals surface area (Å²) in [6, 6.07) is 0. The minimum Gasteiger partial charge on any atom is -0.344 e. The molecule has 0 aromatic heterocycles. The number of hydrogen-bond acceptors (Lipinski definition) is 1. The molecule has 2 saturated carbocycles. The van der Waals surface area contributed by atoms with Crippen LogP contribution in [-0.2, 0) is 0 Å².